The van der Waals surface area contributed by atoms with Crippen LogP contribution in [-0.4, -0.2) is 12.2 Å². The van der Waals surface area contributed by atoms with Gasteiger partial charge in [0, 0.05) is 6.42 Å². The van der Waals surface area contributed by atoms with Gasteiger partial charge in [-0.1, -0.05) is 6.07 Å². The third-order valence-corrected chi connectivity index (χ3v) is 3.31. The monoisotopic (exact) mass is 278 g/mol. The lowest BCUT2D eigenvalue weighted by Gasteiger charge is -2.09. The van der Waals surface area contributed by atoms with Gasteiger partial charge in [-0.05, 0) is 33.6 Å². The van der Waals surface area contributed by atoms with Crippen molar-refractivity contribution in [3.8, 4) is 0 Å². The van der Waals surface area contributed by atoms with Crippen molar-refractivity contribution in [2.24, 2.45) is 0 Å². The van der Waals surface area contributed by atoms with E-state index in [9.17, 15) is 18.0 Å². The predicted molar refractivity (Wildman–Crippen MR) is 51.4 cm³/mol. The Morgan fingerprint density at radius 2 is 2.00 bits per heavy atom. The number of hydrogen-bond acceptors (Lipinski definition) is 1. The molecule has 5 heteroatoms. The van der Waals surface area contributed by atoms with Crippen LogP contribution in [0.25, 0.3) is 0 Å². The minimum absolute atomic E-state index is 0.0307. The Morgan fingerprint density at radius 3 is 2.40 bits per heavy atom. The lowest BCUT2D eigenvalue weighted by atomic mass is 9.97. The summed E-state index contributed by atoms with van der Waals surface area (Å²) in [5.41, 5.74) is -1.78. The summed E-state index contributed by atoms with van der Waals surface area (Å²) < 4.78 is 39.3. The summed E-state index contributed by atoms with van der Waals surface area (Å²) in [6.07, 6.45) is -0.333. The quantitative estimate of drug-likeness (QED) is 0.760. The molecule has 1 nitrogen and oxygen atoms in total. The number of benzene rings is 1. The zero-order chi connectivity index (χ0) is 11.3. The van der Waals surface area contributed by atoms with Crippen LogP contribution in [-0.2, 0) is 10.2 Å². The lowest BCUT2D eigenvalue weighted by molar-refractivity contribution is -0.112. The lowest BCUT2D eigenvalue weighted by Crippen LogP contribution is -2.18. The second-order valence-electron chi connectivity index (χ2n) is 3.60. The molecule has 0 aromatic heterocycles. The summed E-state index contributed by atoms with van der Waals surface area (Å²) in [6.45, 7) is 0. The molecule has 0 spiro atoms. The highest BCUT2D eigenvalue weighted by molar-refractivity contribution is 9.10. The molecule has 1 aromatic carbocycles. The van der Waals surface area contributed by atoms with Crippen molar-refractivity contribution >= 4 is 22.2 Å². The van der Waals surface area contributed by atoms with E-state index in [0.29, 0.717) is 0 Å². The first-order valence-electron chi connectivity index (χ1n) is 4.23. The fraction of sp³-hybridized carbons (Fsp3) is 0.300. The molecule has 0 bridgehead atoms. The van der Waals surface area contributed by atoms with Gasteiger partial charge in [-0.25, -0.2) is 13.2 Å². The maximum Gasteiger partial charge on any atom is 0.265 e. The number of carbonyl (C=O) groups excluding carboxylic acids is 1. The van der Waals surface area contributed by atoms with E-state index in [4.69, 9.17) is 0 Å². The molecular formula is C10H6BrF3O. The van der Waals surface area contributed by atoms with Crippen LogP contribution < -0.4 is 0 Å². The first kappa shape index (κ1) is 10.7. The summed E-state index contributed by atoms with van der Waals surface area (Å²) in [4.78, 5) is 10.7. The van der Waals surface area contributed by atoms with Gasteiger partial charge >= 0.3 is 0 Å². The Hall–Kier alpha value is -0.840. The zero-order valence-electron chi connectivity index (χ0n) is 7.44. The minimum atomic E-state index is -3.05. The third kappa shape index (κ3) is 1.40. The minimum Gasteiger partial charge on any atom is -0.302 e. The summed E-state index contributed by atoms with van der Waals surface area (Å²) >= 11 is 2.92. The van der Waals surface area contributed by atoms with Gasteiger partial charge in [0.15, 0.2) is 0 Å². The van der Waals surface area contributed by atoms with E-state index in [1.807, 2.05) is 0 Å². The smallest absolute Gasteiger partial charge is 0.265 e. The molecule has 1 atom stereocenters. The Balaban J connectivity index is 2.47. The fourth-order valence-electron chi connectivity index (χ4n) is 1.59. The normalized spacial score (nSPS) is 27.5. The molecule has 1 unspecified atom stereocenters. The average Bonchev–Trinajstić information content (AvgIpc) is 2.75. The maximum absolute atomic E-state index is 13.1. The van der Waals surface area contributed by atoms with Gasteiger partial charge in [0.05, 0.1) is 4.47 Å². The molecule has 15 heavy (non-hydrogen) atoms. The van der Waals surface area contributed by atoms with E-state index in [-0.39, 0.29) is 16.3 Å². The number of rotatable bonds is 2. The van der Waals surface area contributed by atoms with Crippen LogP contribution >= 0.6 is 15.9 Å². The standard InChI is InChI=1S/C10H6BrF3O/c11-7-2-1-6(3-8(7)12)9(5-15)4-10(9,13)14/h1-3,5H,4H2. The molecule has 1 aromatic rings. The number of hydrogen-bond donors (Lipinski definition) is 0. The molecule has 0 radical (unpaired) electrons. The van der Waals surface area contributed by atoms with E-state index >= 15 is 0 Å². The van der Waals surface area contributed by atoms with Gasteiger partial charge in [-0.3, -0.25) is 0 Å². The van der Waals surface area contributed by atoms with Gasteiger partial charge in [-0.2, -0.15) is 0 Å². The number of alkyl halides is 2. The second kappa shape index (κ2) is 3.07. The van der Waals surface area contributed by atoms with Crippen molar-refractivity contribution < 1.29 is 18.0 Å². The molecule has 1 aliphatic rings. The largest absolute Gasteiger partial charge is 0.302 e. The highest BCUT2D eigenvalue weighted by Gasteiger charge is 2.72. The highest BCUT2D eigenvalue weighted by atomic mass is 79.9. The first-order chi connectivity index (χ1) is 6.93. The van der Waals surface area contributed by atoms with Crippen LogP contribution in [0.4, 0.5) is 13.2 Å². The Bertz CT molecular complexity index is 433. The van der Waals surface area contributed by atoms with Gasteiger partial charge < -0.3 is 4.79 Å². The van der Waals surface area contributed by atoms with Gasteiger partial charge in [0.2, 0.25) is 0 Å². The summed E-state index contributed by atoms with van der Waals surface area (Å²) in [7, 11) is 0. The molecule has 0 heterocycles. The van der Waals surface area contributed by atoms with Crippen LogP contribution in [0.5, 0.6) is 0 Å². The molecule has 0 saturated heterocycles. The average molecular weight is 279 g/mol. The Labute approximate surface area is 92.4 Å². The van der Waals surface area contributed by atoms with Gasteiger partial charge in [0.1, 0.15) is 17.5 Å². The first-order valence-corrected chi connectivity index (χ1v) is 5.02. The zero-order valence-corrected chi connectivity index (χ0v) is 9.02. The van der Waals surface area contributed by atoms with E-state index in [1.54, 1.807) is 0 Å². The SMILES string of the molecule is O=CC1(c2ccc(Br)c(F)c2)CC1(F)F. The predicted octanol–water partition coefficient (Wildman–Crippen LogP) is 3.06. The number of aldehydes is 1. The van der Waals surface area contributed by atoms with E-state index in [2.05, 4.69) is 15.9 Å². The third-order valence-electron chi connectivity index (χ3n) is 2.66. The van der Waals surface area contributed by atoms with Crippen molar-refractivity contribution in [3.63, 3.8) is 0 Å². The van der Waals surface area contributed by atoms with Crippen molar-refractivity contribution in [1.82, 2.24) is 0 Å². The van der Waals surface area contributed by atoms with E-state index in [1.165, 1.54) is 12.1 Å². The molecule has 2 rings (SSSR count). The van der Waals surface area contributed by atoms with Crippen LogP contribution in [0.1, 0.15) is 12.0 Å². The number of halogens is 4. The van der Waals surface area contributed by atoms with Crippen molar-refractivity contribution in [3.05, 3.63) is 34.1 Å². The molecule has 1 saturated carbocycles. The molecule has 0 amide bonds. The molecule has 0 aliphatic heterocycles. The fourth-order valence-corrected chi connectivity index (χ4v) is 1.84. The Kier molecular flexibility index (Phi) is 2.19. The molecule has 0 N–H and O–H groups in total. The summed E-state index contributed by atoms with van der Waals surface area (Å²) in [5, 5.41) is 0. The molecule has 1 aliphatic carbocycles. The van der Waals surface area contributed by atoms with Crippen LogP contribution in [0.3, 0.4) is 0 Å². The topological polar surface area (TPSA) is 17.1 Å². The summed E-state index contributed by atoms with van der Waals surface area (Å²) in [5.74, 6) is -3.69. The van der Waals surface area contributed by atoms with Crippen molar-refractivity contribution in [2.75, 3.05) is 0 Å². The van der Waals surface area contributed by atoms with Crippen LogP contribution in [0, 0.1) is 5.82 Å². The molecular weight excluding hydrogens is 273 g/mol. The number of carbonyl (C=O) groups is 1. The van der Waals surface area contributed by atoms with Crippen molar-refractivity contribution in [1.29, 1.82) is 0 Å². The van der Waals surface area contributed by atoms with Crippen LogP contribution in [0.2, 0.25) is 0 Å². The van der Waals surface area contributed by atoms with Crippen molar-refractivity contribution in [2.45, 2.75) is 17.8 Å². The summed E-state index contributed by atoms with van der Waals surface area (Å²) in [6, 6.07) is 3.63. The highest BCUT2D eigenvalue weighted by Crippen LogP contribution is 2.60. The molecule has 80 valence electrons. The Morgan fingerprint density at radius 1 is 1.40 bits per heavy atom. The van der Waals surface area contributed by atoms with Gasteiger partial charge in [0.25, 0.3) is 5.92 Å². The second-order valence-corrected chi connectivity index (χ2v) is 4.45. The molecule has 1 fully saturated rings. The van der Waals surface area contributed by atoms with E-state index < -0.39 is 23.6 Å². The maximum atomic E-state index is 13.1. The van der Waals surface area contributed by atoms with Crippen LogP contribution in [0.15, 0.2) is 22.7 Å². The van der Waals surface area contributed by atoms with Gasteiger partial charge in [-0.15, -0.1) is 0 Å². The van der Waals surface area contributed by atoms with E-state index in [0.717, 1.165) is 6.07 Å².